The molecule has 0 unspecified atom stereocenters. The SMILES string of the molecule is COc1cc(N(CCCl)CCCl)c(OC)cc1/C=N/Nc1nnc(C)n1N. The smallest absolute Gasteiger partial charge is 0.263 e. The van der Waals surface area contributed by atoms with Crippen molar-refractivity contribution >= 4 is 41.1 Å². The number of nitrogen functional groups attached to an aromatic ring is 1. The fourth-order valence-corrected chi connectivity index (χ4v) is 2.82. The first-order chi connectivity index (χ1) is 13.0. The van der Waals surface area contributed by atoms with Crippen LogP contribution >= 0.6 is 23.2 Å². The molecule has 27 heavy (non-hydrogen) atoms. The van der Waals surface area contributed by atoms with E-state index in [2.05, 4.69) is 20.7 Å². The third-order valence-corrected chi connectivity index (χ3v) is 4.15. The molecular formula is C16H23Cl2N7O2. The van der Waals surface area contributed by atoms with E-state index in [9.17, 15) is 0 Å². The van der Waals surface area contributed by atoms with Gasteiger partial charge in [-0.2, -0.15) is 5.10 Å². The molecule has 0 amide bonds. The lowest BCUT2D eigenvalue weighted by molar-refractivity contribution is 0.402. The molecule has 0 fully saturated rings. The van der Waals surface area contributed by atoms with E-state index in [1.165, 1.54) is 4.68 Å². The predicted octanol–water partition coefficient (Wildman–Crippen LogP) is 2.05. The third kappa shape index (κ3) is 5.08. The molecule has 0 aliphatic heterocycles. The van der Waals surface area contributed by atoms with E-state index < -0.39 is 0 Å². The average Bonchev–Trinajstić information content (AvgIpc) is 2.99. The quantitative estimate of drug-likeness (QED) is 0.265. The molecule has 2 rings (SSSR count). The van der Waals surface area contributed by atoms with Gasteiger partial charge in [0.25, 0.3) is 5.95 Å². The normalized spacial score (nSPS) is 11.0. The number of hydrogen-bond acceptors (Lipinski definition) is 8. The monoisotopic (exact) mass is 415 g/mol. The maximum absolute atomic E-state index is 5.91. The third-order valence-electron chi connectivity index (χ3n) is 3.82. The maximum Gasteiger partial charge on any atom is 0.263 e. The van der Waals surface area contributed by atoms with Crippen molar-refractivity contribution in [2.75, 3.05) is 55.2 Å². The first-order valence-electron chi connectivity index (χ1n) is 8.14. The average molecular weight is 416 g/mol. The van der Waals surface area contributed by atoms with Gasteiger partial charge in [0.1, 0.15) is 11.5 Å². The summed E-state index contributed by atoms with van der Waals surface area (Å²) in [4.78, 5) is 2.04. The number of nitrogens with two attached hydrogens (primary N) is 1. The van der Waals surface area contributed by atoms with Crippen molar-refractivity contribution in [3.05, 3.63) is 23.5 Å². The van der Waals surface area contributed by atoms with E-state index in [1.807, 2.05) is 17.0 Å². The Bertz CT molecular complexity index is 776. The van der Waals surface area contributed by atoms with Crippen molar-refractivity contribution < 1.29 is 9.47 Å². The minimum absolute atomic E-state index is 0.321. The van der Waals surface area contributed by atoms with Gasteiger partial charge in [-0.3, -0.25) is 0 Å². The van der Waals surface area contributed by atoms with Crippen LogP contribution in [0.3, 0.4) is 0 Å². The second-order valence-electron chi connectivity index (χ2n) is 5.44. The Labute approximate surface area is 168 Å². The number of nitrogens with zero attached hydrogens (tertiary/aromatic N) is 5. The summed E-state index contributed by atoms with van der Waals surface area (Å²) in [5.41, 5.74) is 4.30. The van der Waals surface area contributed by atoms with Crippen LogP contribution < -0.4 is 25.6 Å². The number of hydrazone groups is 1. The molecule has 2 aromatic rings. The first-order valence-corrected chi connectivity index (χ1v) is 9.21. The summed E-state index contributed by atoms with van der Waals surface area (Å²) in [6.07, 6.45) is 1.59. The number of rotatable bonds is 10. The Morgan fingerprint density at radius 2 is 1.85 bits per heavy atom. The van der Waals surface area contributed by atoms with Gasteiger partial charge in [0.15, 0.2) is 5.82 Å². The lowest BCUT2D eigenvalue weighted by Gasteiger charge is -2.26. The van der Waals surface area contributed by atoms with Gasteiger partial charge in [-0.1, -0.05) is 0 Å². The molecule has 3 N–H and O–H groups in total. The van der Waals surface area contributed by atoms with Gasteiger partial charge in [0, 0.05) is 36.5 Å². The molecule has 11 heteroatoms. The molecule has 0 atom stereocenters. The van der Waals surface area contributed by atoms with Crippen molar-refractivity contribution in [2.45, 2.75) is 6.92 Å². The molecule has 1 heterocycles. The lowest BCUT2D eigenvalue weighted by atomic mass is 10.1. The molecule has 0 spiro atoms. The number of anilines is 2. The number of ether oxygens (including phenoxy) is 2. The van der Waals surface area contributed by atoms with Crippen molar-refractivity contribution in [1.29, 1.82) is 0 Å². The number of aryl methyl sites for hydroxylation is 1. The number of alkyl halides is 2. The van der Waals surface area contributed by atoms with E-state index in [0.29, 0.717) is 53.7 Å². The van der Waals surface area contributed by atoms with Gasteiger partial charge in [-0.05, 0) is 13.0 Å². The lowest BCUT2D eigenvalue weighted by Crippen LogP contribution is -2.28. The van der Waals surface area contributed by atoms with E-state index in [4.69, 9.17) is 38.5 Å². The highest BCUT2D eigenvalue weighted by Gasteiger charge is 2.16. The molecule has 0 aliphatic rings. The fraction of sp³-hybridized carbons (Fsp3) is 0.438. The summed E-state index contributed by atoms with van der Waals surface area (Å²) in [5, 5.41) is 11.9. The number of hydrogen-bond donors (Lipinski definition) is 2. The van der Waals surface area contributed by atoms with Gasteiger partial charge in [0.2, 0.25) is 0 Å². The van der Waals surface area contributed by atoms with Crippen LogP contribution in [-0.2, 0) is 0 Å². The standard InChI is InChI=1S/C16H23Cl2N7O2/c1-11-21-23-16(25(11)19)22-20-10-12-8-15(27-3)13(9-14(12)26-2)24(6-4-17)7-5-18/h8-10H,4-7,19H2,1-3H3,(H,22,23)/b20-10+. The van der Waals surface area contributed by atoms with Crippen molar-refractivity contribution in [3.63, 3.8) is 0 Å². The molecule has 0 saturated carbocycles. The Morgan fingerprint density at radius 1 is 1.19 bits per heavy atom. The van der Waals surface area contributed by atoms with Crippen LogP contribution in [0.5, 0.6) is 11.5 Å². The topological polar surface area (TPSA) is 103 Å². The molecule has 9 nitrogen and oxygen atoms in total. The van der Waals surface area contributed by atoms with Gasteiger partial charge in [-0.15, -0.1) is 33.4 Å². The molecule has 1 aromatic carbocycles. The van der Waals surface area contributed by atoms with Crippen molar-refractivity contribution in [1.82, 2.24) is 14.9 Å². The van der Waals surface area contributed by atoms with Gasteiger partial charge < -0.3 is 20.2 Å². The van der Waals surface area contributed by atoms with Crippen LogP contribution in [0.4, 0.5) is 11.6 Å². The largest absolute Gasteiger partial charge is 0.496 e. The summed E-state index contributed by atoms with van der Waals surface area (Å²) in [5.74, 6) is 8.88. The zero-order valence-electron chi connectivity index (χ0n) is 15.4. The van der Waals surface area contributed by atoms with Gasteiger partial charge >= 0.3 is 0 Å². The highest BCUT2D eigenvalue weighted by molar-refractivity contribution is 6.18. The Balaban J connectivity index is 2.31. The Kier molecular flexibility index (Phi) is 7.81. The zero-order valence-corrected chi connectivity index (χ0v) is 17.0. The summed E-state index contributed by atoms with van der Waals surface area (Å²) < 4.78 is 12.3. The van der Waals surface area contributed by atoms with E-state index in [-0.39, 0.29) is 0 Å². The van der Waals surface area contributed by atoms with Gasteiger partial charge in [-0.25, -0.2) is 10.1 Å². The molecule has 1 aromatic heterocycles. The number of halogens is 2. The minimum Gasteiger partial charge on any atom is -0.496 e. The number of aromatic nitrogens is 3. The fourth-order valence-electron chi connectivity index (χ4n) is 2.42. The highest BCUT2D eigenvalue weighted by Crippen LogP contribution is 2.35. The minimum atomic E-state index is 0.321. The maximum atomic E-state index is 5.91. The van der Waals surface area contributed by atoms with Crippen molar-refractivity contribution in [3.8, 4) is 11.5 Å². The summed E-state index contributed by atoms with van der Waals surface area (Å²) in [6.45, 7) is 3.00. The van der Waals surface area contributed by atoms with E-state index in [0.717, 1.165) is 5.69 Å². The van der Waals surface area contributed by atoms with Crippen molar-refractivity contribution in [2.24, 2.45) is 5.10 Å². The molecule has 0 saturated heterocycles. The number of methoxy groups -OCH3 is 2. The number of benzene rings is 1. The van der Waals surface area contributed by atoms with Crippen LogP contribution in [0.15, 0.2) is 17.2 Å². The van der Waals surface area contributed by atoms with Crippen LogP contribution in [0, 0.1) is 6.92 Å². The van der Waals surface area contributed by atoms with Gasteiger partial charge in [0.05, 0.1) is 26.1 Å². The predicted molar refractivity (Wildman–Crippen MR) is 109 cm³/mol. The zero-order chi connectivity index (χ0) is 19.8. The van der Waals surface area contributed by atoms with E-state index in [1.54, 1.807) is 27.4 Å². The number of nitrogens with one attached hydrogen (secondary N) is 1. The molecule has 148 valence electrons. The van der Waals surface area contributed by atoms with E-state index >= 15 is 0 Å². The van der Waals surface area contributed by atoms with Crippen LogP contribution in [0.25, 0.3) is 0 Å². The Morgan fingerprint density at radius 3 is 2.37 bits per heavy atom. The highest BCUT2D eigenvalue weighted by atomic mass is 35.5. The molecule has 0 aliphatic carbocycles. The molecular weight excluding hydrogens is 393 g/mol. The first kappa shape index (κ1) is 20.9. The summed E-state index contributed by atoms with van der Waals surface area (Å²) in [6, 6.07) is 3.70. The second kappa shape index (κ2) is 10.1. The van der Waals surface area contributed by atoms with Crippen LogP contribution in [-0.4, -0.2) is 60.2 Å². The molecule has 0 bridgehead atoms. The van der Waals surface area contributed by atoms with Crippen LogP contribution in [0.1, 0.15) is 11.4 Å². The second-order valence-corrected chi connectivity index (χ2v) is 6.20. The van der Waals surface area contributed by atoms with Crippen LogP contribution in [0.2, 0.25) is 0 Å². The summed E-state index contributed by atoms with van der Waals surface area (Å²) in [7, 11) is 3.19. The molecule has 0 radical (unpaired) electrons. The summed E-state index contributed by atoms with van der Waals surface area (Å²) >= 11 is 11.8. The Hall–Kier alpha value is -2.39.